The lowest BCUT2D eigenvalue weighted by molar-refractivity contribution is -0.130. The number of carbonyl (C=O) groups excluding carboxylic acids is 2. The second-order valence-electron chi connectivity index (χ2n) is 5.96. The molecule has 1 saturated carbocycles. The smallest absolute Gasteiger partial charge is 0.147 e. The highest BCUT2D eigenvalue weighted by Gasteiger charge is 2.31. The fourth-order valence-corrected chi connectivity index (χ4v) is 3.53. The molecule has 1 fully saturated rings. The van der Waals surface area contributed by atoms with Crippen LogP contribution in [0, 0.1) is 0 Å². The lowest BCUT2D eigenvalue weighted by atomic mass is 9.81. The first-order chi connectivity index (χ1) is 11.2. The third kappa shape index (κ3) is 2.13. The van der Waals surface area contributed by atoms with Gasteiger partial charge in [0.1, 0.15) is 22.9 Å². The molecule has 116 valence electrons. The minimum absolute atomic E-state index is 0.0103. The van der Waals surface area contributed by atoms with Gasteiger partial charge in [0, 0.05) is 28.7 Å². The molecule has 4 heteroatoms. The molecule has 23 heavy (non-hydrogen) atoms. The number of carbonyl (C=O) groups is 2. The Kier molecular flexibility index (Phi) is 3.18. The van der Waals surface area contributed by atoms with Crippen molar-refractivity contribution in [3.8, 4) is 5.75 Å². The summed E-state index contributed by atoms with van der Waals surface area (Å²) >= 11 is 0. The number of fused-ring (bicyclic) bond motifs is 3. The first kappa shape index (κ1) is 14.0. The molecule has 0 aliphatic heterocycles. The lowest BCUT2D eigenvalue weighted by Gasteiger charge is -2.19. The highest BCUT2D eigenvalue weighted by Crippen LogP contribution is 2.39. The van der Waals surface area contributed by atoms with Crippen molar-refractivity contribution in [1.29, 1.82) is 0 Å². The van der Waals surface area contributed by atoms with Crippen LogP contribution in [-0.4, -0.2) is 18.7 Å². The largest absolute Gasteiger partial charge is 0.496 e. The second kappa shape index (κ2) is 5.23. The molecule has 0 unspecified atom stereocenters. The Balaban J connectivity index is 1.96. The zero-order valence-corrected chi connectivity index (χ0v) is 12.8. The quantitative estimate of drug-likeness (QED) is 0.671. The van der Waals surface area contributed by atoms with E-state index in [-0.39, 0.29) is 23.9 Å². The van der Waals surface area contributed by atoms with E-state index in [1.165, 1.54) is 0 Å². The van der Waals surface area contributed by atoms with Gasteiger partial charge in [-0.3, -0.25) is 9.59 Å². The van der Waals surface area contributed by atoms with Crippen molar-refractivity contribution in [3.63, 3.8) is 0 Å². The Morgan fingerprint density at radius 3 is 2.78 bits per heavy atom. The molecule has 4 rings (SSSR count). The molecule has 0 bridgehead atoms. The molecule has 1 atom stereocenters. The monoisotopic (exact) mass is 308 g/mol. The molecule has 0 radical (unpaired) electrons. The van der Waals surface area contributed by atoms with E-state index in [4.69, 9.17) is 9.15 Å². The molecule has 0 saturated heterocycles. The summed E-state index contributed by atoms with van der Waals surface area (Å²) in [4.78, 5) is 23.8. The Labute approximate surface area is 133 Å². The van der Waals surface area contributed by atoms with Crippen LogP contribution in [0.5, 0.6) is 5.75 Å². The molecule has 0 amide bonds. The molecular weight excluding hydrogens is 292 g/mol. The van der Waals surface area contributed by atoms with E-state index in [1.807, 2.05) is 30.3 Å². The normalized spacial score (nSPS) is 18.7. The number of methoxy groups -OCH3 is 1. The zero-order valence-electron chi connectivity index (χ0n) is 12.8. The van der Waals surface area contributed by atoms with Crippen molar-refractivity contribution in [3.05, 3.63) is 42.2 Å². The molecule has 1 aliphatic rings. The summed E-state index contributed by atoms with van der Waals surface area (Å²) in [6.45, 7) is 0. The van der Waals surface area contributed by atoms with Crippen molar-refractivity contribution in [1.82, 2.24) is 0 Å². The average Bonchev–Trinajstić information content (AvgIpc) is 2.98. The van der Waals surface area contributed by atoms with Crippen LogP contribution in [0.3, 0.4) is 0 Å². The van der Waals surface area contributed by atoms with E-state index in [9.17, 15) is 9.59 Å². The second-order valence-corrected chi connectivity index (χ2v) is 5.96. The zero-order chi connectivity index (χ0) is 16.0. The fraction of sp³-hybridized carbons (Fsp3) is 0.263. The molecule has 1 aromatic heterocycles. The van der Waals surface area contributed by atoms with Crippen LogP contribution in [0.4, 0.5) is 0 Å². The topological polar surface area (TPSA) is 56.5 Å². The van der Waals surface area contributed by atoms with Gasteiger partial charge in [0.15, 0.2) is 0 Å². The van der Waals surface area contributed by atoms with E-state index < -0.39 is 0 Å². The average molecular weight is 308 g/mol. The van der Waals surface area contributed by atoms with E-state index in [1.54, 1.807) is 13.4 Å². The maximum absolute atomic E-state index is 12.3. The van der Waals surface area contributed by atoms with Gasteiger partial charge in [0.05, 0.1) is 19.8 Å². The lowest BCUT2D eigenvalue weighted by Crippen LogP contribution is -2.23. The number of ketones is 2. The first-order valence-electron chi connectivity index (χ1n) is 7.70. The van der Waals surface area contributed by atoms with Gasteiger partial charge in [-0.05, 0) is 30.0 Å². The van der Waals surface area contributed by atoms with Gasteiger partial charge in [0.25, 0.3) is 0 Å². The van der Waals surface area contributed by atoms with E-state index in [0.29, 0.717) is 12.8 Å². The number of benzene rings is 2. The third-order valence-corrected chi connectivity index (χ3v) is 4.65. The molecular formula is C19H16O4. The standard InChI is InChI=1S/C19H16O4/c1-22-17-4-2-3-14-13(17)7-8-18-19(14)15(10-23-18)12-6-5-11(20)9-16(12)21/h2-4,7-8,10,12H,5-6,9H2,1H3/t12-/m0/s1. The maximum atomic E-state index is 12.3. The van der Waals surface area contributed by atoms with Gasteiger partial charge in [-0.2, -0.15) is 0 Å². The van der Waals surface area contributed by atoms with Crippen molar-refractivity contribution in [2.45, 2.75) is 25.2 Å². The number of furan rings is 1. The van der Waals surface area contributed by atoms with Gasteiger partial charge >= 0.3 is 0 Å². The summed E-state index contributed by atoms with van der Waals surface area (Å²) in [5, 5.41) is 2.95. The molecule has 1 heterocycles. The minimum Gasteiger partial charge on any atom is -0.496 e. The van der Waals surface area contributed by atoms with Crippen LogP contribution < -0.4 is 4.74 Å². The molecule has 0 N–H and O–H groups in total. The first-order valence-corrected chi connectivity index (χ1v) is 7.70. The summed E-state index contributed by atoms with van der Waals surface area (Å²) < 4.78 is 11.1. The minimum atomic E-state index is -0.259. The third-order valence-electron chi connectivity index (χ3n) is 4.65. The van der Waals surface area contributed by atoms with Crippen LogP contribution in [0.2, 0.25) is 0 Å². The molecule has 2 aromatic carbocycles. The predicted octanol–water partition coefficient (Wildman–Crippen LogP) is 4.00. The van der Waals surface area contributed by atoms with Crippen molar-refractivity contribution in [2.75, 3.05) is 7.11 Å². The molecule has 1 aliphatic carbocycles. The number of ether oxygens (including phenoxy) is 1. The van der Waals surface area contributed by atoms with Gasteiger partial charge in [-0.25, -0.2) is 0 Å². The van der Waals surface area contributed by atoms with Crippen molar-refractivity contribution in [2.24, 2.45) is 0 Å². The number of hydrogen-bond donors (Lipinski definition) is 0. The van der Waals surface area contributed by atoms with Crippen LogP contribution in [0.25, 0.3) is 21.7 Å². The molecule has 3 aromatic rings. The summed E-state index contributed by atoms with van der Waals surface area (Å²) in [7, 11) is 1.64. The highest BCUT2D eigenvalue weighted by atomic mass is 16.5. The number of hydrogen-bond acceptors (Lipinski definition) is 4. The molecule has 4 nitrogen and oxygen atoms in total. The molecule has 0 spiro atoms. The van der Waals surface area contributed by atoms with Gasteiger partial charge in [-0.15, -0.1) is 0 Å². The fourth-order valence-electron chi connectivity index (χ4n) is 3.53. The Morgan fingerprint density at radius 2 is 2.00 bits per heavy atom. The van der Waals surface area contributed by atoms with Crippen LogP contribution >= 0.6 is 0 Å². The van der Waals surface area contributed by atoms with Gasteiger partial charge in [-0.1, -0.05) is 12.1 Å². The van der Waals surface area contributed by atoms with E-state index >= 15 is 0 Å². The summed E-state index contributed by atoms with van der Waals surface area (Å²) in [6, 6.07) is 9.73. The SMILES string of the molecule is COc1cccc2c1ccc1occ([C@@H]3CCC(=O)CC3=O)c12. The van der Waals surface area contributed by atoms with Gasteiger partial charge in [0.2, 0.25) is 0 Å². The van der Waals surface area contributed by atoms with Crippen LogP contribution in [0.1, 0.15) is 30.7 Å². The van der Waals surface area contributed by atoms with Crippen LogP contribution in [-0.2, 0) is 9.59 Å². The summed E-state index contributed by atoms with van der Waals surface area (Å²) in [6.07, 6.45) is 2.72. The Morgan fingerprint density at radius 1 is 1.13 bits per heavy atom. The number of Topliss-reactive ketones (excluding diaryl/α,β-unsaturated/α-hetero) is 2. The number of rotatable bonds is 2. The van der Waals surface area contributed by atoms with Crippen molar-refractivity contribution < 1.29 is 18.7 Å². The Hall–Kier alpha value is -2.62. The predicted molar refractivity (Wildman–Crippen MR) is 86.9 cm³/mol. The van der Waals surface area contributed by atoms with Crippen LogP contribution in [0.15, 0.2) is 41.0 Å². The van der Waals surface area contributed by atoms with Crippen molar-refractivity contribution >= 4 is 33.3 Å². The maximum Gasteiger partial charge on any atom is 0.147 e. The van der Waals surface area contributed by atoms with E-state index in [2.05, 4.69) is 0 Å². The summed E-state index contributed by atoms with van der Waals surface area (Å²) in [5.41, 5.74) is 1.64. The highest BCUT2D eigenvalue weighted by molar-refractivity contribution is 6.12. The summed E-state index contributed by atoms with van der Waals surface area (Å²) in [5.74, 6) is 0.557. The van der Waals surface area contributed by atoms with Gasteiger partial charge < -0.3 is 9.15 Å². The van der Waals surface area contributed by atoms with E-state index in [0.717, 1.165) is 33.1 Å². The Bertz CT molecular complexity index is 935.